The summed E-state index contributed by atoms with van der Waals surface area (Å²) >= 11 is 0. The summed E-state index contributed by atoms with van der Waals surface area (Å²) in [5.41, 5.74) is 5.73. The molecule has 5 rings (SSSR count). The van der Waals surface area contributed by atoms with Crippen molar-refractivity contribution in [2.24, 2.45) is 0 Å². The highest BCUT2D eigenvalue weighted by Gasteiger charge is 2.19. The van der Waals surface area contributed by atoms with Crippen molar-refractivity contribution in [3.8, 4) is 0 Å². The highest BCUT2D eigenvalue weighted by molar-refractivity contribution is 5.93. The van der Waals surface area contributed by atoms with Crippen LogP contribution in [-0.2, 0) is 6.42 Å². The van der Waals surface area contributed by atoms with E-state index >= 15 is 0 Å². The van der Waals surface area contributed by atoms with E-state index in [1.165, 1.54) is 11.2 Å². The molecular formula is C21H21N7O2. The van der Waals surface area contributed by atoms with Crippen LogP contribution in [-0.4, -0.2) is 54.3 Å². The van der Waals surface area contributed by atoms with Crippen LogP contribution in [0.2, 0.25) is 0 Å². The van der Waals surface area contributed by atoms with Crippen molar-refractivity contribution in [3.63, 3.8) is 0 Å². The normalized spacial score (nSPS) is 14.3. The minimum absolute atomic E-state index is 0.390. The van der Waals surface area contributed by atoms with Crippen LogP contribution < -0.4 is 5.32 Å². The molecular weight excluding hydrogens is 382 g/mol. The van der Waals surface area contributed by atoms with Gasteiger partial charge in [-0.25, -0.2) is 14.8 Å². The van der Waals surface area contributed by atoms with E-state index < -0.39 is 6.09 Å². The largest absolute Gasteiger partial charge is 0.465 e. The number of carboxylic acid groups (broad SMARTS) is 1. The lowest BCUT2D eigenvalue weighted by Crippen LogP contribution is -2.33. The number of aryl methyl sites for hydroxylation is 1. The van der Waals surface area contributed by atoms with Crippen molar-refractivity contribution >= 4 is 45.1 Å². The number of fused-ring (bicyclic) bond motifs is 2. The third-order valence-corrected chi connectivity index (χ3v) is 5.50. The zero-order valence-electron chi connectivity index (χ0n) is 16.4. The zero-order valence-corrected chi connectivity index (χ0v) is 16.4. The summed E-state index contributed by atoms with van der Waals surface area (Å²) in [6.45, 7) is 2.97. The second-order valence-corrected chi connectivity index (χ2v) is 7.29. The third-order valence-electron chi connectivity index (χ3n) is 5.50. The first kappa shape index (κ1) is 18.2. The average molecular weight is 403 g/mol. The lowest BCUT2D eigenvalue weighted by Gasteiger charge is -2.23. The molecule has 4 aromatic rings. The van der Waals surface area contributed by atoms with E-state index in [0.29, 0.717) is 25.3 Å². The van der Waals surface area contributed by atoms with Gasteiger partial charge in [0.15, 0.2) is 0 Å². The van der Waals surface area contributed by atoms with Gasteiger partial charge in [-0.3, -0.25) is 5.10 Å². The topological polar surface area (TPSA) is 123 Å². The Morgan fingerprint density at radius 3 is 2.93 bits per heavy atom. The second kappa shape index (κ2) is 7.18. The van der Waals surface area contributed by atoms with Gasteiger partial charge in [-0.2, -0.15) is 5.10 Å². The first-order chi connectivity index (χ1) is 14.6. The number of aromatic amines is 2. The first-order valence-corrected chi connectivity index (χ1v) is 9.87. The molecule has 3 aromatic heterocycles. The molecule has 0 saturated carbocycles. The Bertz CT molecular complexity index is 1290. The van der Waals surface area contributed by atoms with E-state index in [4.69, 9.17) is 5.11 Å². The molecule has 4 heterocycles. The summed E-state index contributed by atoms with van der Waals surface area (Å²) in [6.07, 6.45) is 4.13. The molecule has 0 fully saturated rings. The Hall–Kier alpha value is -3.88. The fraction of sp³-hybridized carbons (Fsp3) is 0.238. The Morgan fingerprint density at radius 2 is 2.17 bits per heavy atom. The molecule has 0 unspecified atom stereocenters. The minimum Gasteiger partial charge on any atom is -0.465 e. The van der Waals surface area contributed by atoms with E-state index in [9.17, 15) is 4.79 Å². The van der Waals surface area contributed by atoms with Crippen LogP contribution in [0, 0.1) is 0 Å². The van der Waals surface area contributed by atoms with Crippen molar-refractivity contribution in [2.75, 3.05) is 18.4 Å². The summed E-state index contributed by atoms with van der Waals surface area (Å²) in [6, 6.07) is 8.06. The smallest absolute Gasteiger partial charge is 0.407 e. The quantitative estimate of drug-likeness (QED) is 0.410. The fourth-order valence-electron chi connectivity index (χ4n) is 3.85. The van der Waals surface area contributed by atoms with E-state index in [0.717, 1.165) is 51.0 Å². The number of nitrogens with zero attached hydrogens (tertiary/aromatic N) is 4. The molecule has 0 bridgehead atoms. The summed E-state index contributed by atoms with van der Waals surface area (Å²) in [4.78, 5) is 24.6. The highest BCUT2D eigenvalue weighted by Crippen LogP contribution is 2.30. The Kier molecular flexibility index (Phi) is 4.35. The van der Waals surface area contributed by atoms with Gasteiger partial charge in [-0.1, -0.05) is 13.0 Å². The molecule has 1 aliphatic heterocycles. The van der Waals surface area contributed by atoms with E-state index in [2.05, 4.69) is 43.5 Å². The van der Waals surface area contributed by atoms with Crippen LogP contribution in [0.1, 0.15) is 24.7 Å². The van der Waals surface area contributed by atoms with E-state index in [-0.39, 0.29) is 0 Å². The number of aromatic nitrogens is 5. The van der Waals surface area contributed by atoms with E-state index in [1.807, 2.05) is 24.3 Å². The number of anilines is 2. The number of rotatable bonds is 4. The number of amides is 1. The second-order valence-electron chi connectivity index (χ2n) is 7.29. The number of hydrogen-bond acceptors (Lipinski definition) is 5. The maximum Gasteiger partial charge on any atom is 0.407 e. The molecule has 0 spiro atoms. The van der Waals surface area contributed by atoms with Gasteiger partial charge in [0.05, 0.1) is 10.9 Å². The minimum atomic E-state index is -0.889. The number of H-pyrrole nitrogens is 2. The third kappa shape index (κ3) is 3.14. The number of nitrogens with one attached hydrogen (secondary N) is 3. The number of benzene rings is 1. The molecule has 0 atom stereocenters. The van der Waals surface area contributed by atoms with Crippen LogP contribution in [0.25, 0.3) is 27.5 Å². The lowest BCUT2D eigenvalue weighted by atomic mass is 10.1. The van der Waals surface area contributed by atoms with Gasteiger partial charge in [0.2, 0.25) is 0 Å². The Morgan fingerprint density at radius 1 is 1.27 bits per heavy atom. The van der Waals surface area contributed by atoms with Gasteiger partial charge in [-0.05, 0) is 42.7 Å². The molecule has 0 radical (unpaired) electrons. The van der Waals surface area contributed by atoms with Crippen LogP contribution in [0.4, 0.5) is 16.3 Å². The predicted octanol–water partition coefficient (Wildman–Crippen LogP) is 3.91. The number of carbonyl (C=O) groups is 1. The van der Waals surface area contributed by atoms with Crippen molar-refractivity contribution in [1.82, 2.24) is 30.0 Å². The Labute approximate surface area is 171 Å². The fourth-order valence-corrected chi connectivity index (χ4v) is 3.85. The summed E-state index contributed by atoms with van der Waals surface area (Å²) in [5.74, 6) is 0.715. The van der Waals surface area contributed by atoms with Crippen molar-refractivity contribution in [3.05, 3.63) is 48.1 Å². The molecule has 0 aliphatic carbocycles. The molecule has 9 nitrogen and oxygen atoms in total. The van der Waals surface area contributed by atoms with Crippen LogP contribution in [0.3, 0.4) is 0 Å². The first-order valence-electron chi connectivity index (χ1n) is 9.87. The monoisotopic (exact) mass is 403 g/mol. The van der Waals surface area contributed by atoms with Gasteiger partial charge in [0.1, 0.15) is 17.8 Å². The van der Waals surface area contributed by atoms with Crippen molar-refractivity contribution < 1.29 is 9.90 Å². The van der Waals surface area contributed by atoms with Gasteiger partial charge in [0, 0.05) is 35.6 Å². The van der Waals surface area contributed by atoms with Gasteiger partial charge >= 0.3 is 6.09 Å². The van der Waals surface area contributed by atoms with Gasteiger partial charge in [0.25, 0.3) is 0 Å². The highest BCUT2D eigenvalue weighted by atomic mass is 16.4. The SMILES string of the molecule is CCc1[nH]nc2ccc(Nc3ncnc4[nH]c(C5=CCN(C(=O)O)CC5)cc34)cc12. The summed E-state index contributed by atoms with van der Waals surface area (Å²) < 4.78 is 0. The molecule has 4 N–H and O–H groups in total. The van der Waals surface area contributed by atoms with Gasteiger partial charge < -0.3 is 20.3 Å². The molecule has 9 heteroatoms. The molecule has 1 amide bonds. The van der Waals surface area contributed by atoms with Crippen LogP contribution in [0.5, 0.6) is 0 Å². The average Bonchev–Trinajstić information content (AvgIpc) is 3.38. The van der Waals surface area contributed by atoms with E-state index in [1.54, 1.807) is 0 Å². The van der Waals surface area contributed by atoms with Crippen molar-refractivity contribution in [1.29, 1.82) is 0 Å². The standard InChI is InChI=1S/C21H21N7O2/c1-2-16-14-9-13(3-4-17(14)27-26-16)24-19-15-10-18(25-20(15)23-11-22-19)12-5-7-28(8-6-12)21(29)30/h3-5,9-11H,2,6-8H2,1H3,(H,26,27)(H,29,30)(H2,22,23,24,25). The summed E-state index contributed by atoms with van der Waals surface area (Å²) in [5, 5.41) is 21.9. The molecule has 1 aliphatic rings. The zero-order chi connectivity index (χ0) is 20.7. The maximum absolute atomic E-state index is 11.1. The van der Waals surface area contributed by atoms with Crippen molar-refractivity contribution in [2.45, 2.75) is 19.8 Å². The maximum atomic E-state index is 11.1. The lowest BCUT2D eigenvalue weighted by molar-refractivity contribution is 0.150. The van der Waals surface area contributed by atoms with Crippen LogP contribution >= 0.6 is 0 Å². The Balaban J connectivity index is 1.47. The van der Waals surface area contributed by atoms with Gasteiger partial charge in [-0.15, -0.1) is 0 Å². The molecule has 30 heavy (non-hydrogen) atoms. The van der Waals surface area contributed by atoms with Crippen LogP contribution in [0.15, 0.2) is 36.7 Å². The predicted molar refractivity (Wildman–Crippen MR) is 115 cm³/mol. The molecule has 0 saturated heterocycles. The number of hydrogen-bond donors (Lipinski definition) is 4. The summed E-state index contributed by atoms with van der Waals surface area (Å²) in [7, 11) is 0. The molecule has 1 aromatic carbocycles. The molecule has 152 valence electrons.